The fraction of sp³-hybridized carbons (Fsp3) is 0.250. The minimum absolute atomic E-state index is 0.618. The highest BCUT2D eigenvalue weighted by Crippen LogP contribution is 2.23. The third-order valence-corrected chi connectivity index (χ3v) is 2.96. The highest BCUT2D eigenvalue weighted by Gasteiger charge is 2.07. The number of nitrogens with two attached hydrogens (primary N) is 1. The van der Waals surface area contributed by atoms with Gasteiger partial charge in [-0.2, -0.15) is 0 Å². The van der Waals surface area contributed by atoms with Gasteiger partial charge >= 0.3 is 0 Å². The van der Waals surface area contributed by atoms with Crippen molar-refractivity contribution in [3.8, 4) is 11.3 Å². The van der Waals surface area contributed by atoms with E-state index in [1.54, 1.807) is 0 Å². The molecule has 0 aliphatic carbocycles. The number of rotatable bonds is 3. The molecule has 0 unspecified atom stereocenters. The molecule has 0 fully saturated rings. The van der Waals surface area contributed by atoms with Crippen LogP contribution in [-0.2, 0) is 6.42 Å². The van der Waals surface area contributed by atoms with Crippen molar-refractivity contribution in [1.82, 2.24) is 9.97 Å². The quantitative estimate of drug-likeness (QED) is 0.908. The Bertz CT molecular complexity index is 474. The van der Waals surface area contributed by atoms with Gasteiger partial charge in [-0.1, -0.05) is 28.1 Å². The predicted octanol–water partition coefficient (Wildman–Crippen LogP) is 2.65. The Morgan fingerprint density at radius 3 is 2.62 bits per heavy atom. The molecule has 0 amide bonds. The first-order valence-corrected chi connectivity index (χ1v) is 6.01. The van der Waals surface area contributed by atoms with Crippen molar-refractivity contribution in [3.05, 3.63) is 40.3 Å². The predicted molar refractivity (Wildman–Crippen MR) is 69.2 cm³/mol. The van der Waals surface area contributed by atoms with E-state index in [0.29, 0.717) is 6.54 Å². The lowest BCUT2D eigenvalue weighted by molar-refractivity contribution is 0.891. The molecular weight excluding hydrogens is 266 g/mol. The number of aryl methyl sites for hydroxylation is 1. The Kier molecular flexibility index (Phi) is 3.41. The lowest BCUT2D eigenvalue weighted by Crippen LogP contribution is -2.03. The van der Waals surface area contributed by atoms with Gasteiger partial charge in [0, 0.05) is 22.2 Å². The summed E-state index contributed by atoms with van der Waals surface area (Å²) in [5.41, 5.74) is 8.74. The summed E-state index contributed by atoms with van der Waals surface area (Å²) in [5.74, 6) is 0.956. The van der Waals surface area contributed by atoms with Crippen LogP contribution >= 0.6 is 15.9 Å². The van der Waals surface area contributed by atoms with Gasteiger partial charge in [-0.15, -0.1) is 0 Å². The Labute approximate surface area is 103 Å². The molecule has 0 radical (unpaired) electrons. The molecule has 0 atom stereocenters. The van der Waals surface area contributed by atoms with E-state index >= 15 is 0 Å². The van der Waals surface area contributed by atoms with E-state index < -0.39 is 0 Å². The molecule has 3 nitrogen and oxygen atoms in total. The minimum atomic E-state index is 0.618. The average molecular weight is 280 g/mol. The zero-order chi connectivity index (χ0) is 11.5. The van der Waals surface area contributed by atoms with Crippen molar-refractivity contribution in [2.75, 3.05) is 6.54 Å². The maximum Gasteiger partial charge on any atom is 0.108 e. The Hall–Kier alpha value is -1.13. The molecule has 0 saturated heterocycles. The molecule has 0 aliphatic rings. The number of hydrogen-bond donors (Lipinski definition) is 2. The Morgan fingerprint density at radius 1 is 1.31 bits per heavy atom. The number of aromatic nitrogens is 2. The molecule has 2 aromatic rings. The van der Waals surface area contributed by atoms with Crippen LogP contribution in [-0.4, -0.2) is 16.5 Å². The van der Waals surface area contributed by atoms with Crippen LogP contribution in [0.5, 0.6) is 0 Å². The van der Waals surface area contributed by atoms with Gasteiger partial charge in [-0.05, 0) is 25.6 Å². The molecule has 1 aromatic heterocycles. The maximum absolute atomic E-state index is 5.51. The second-order valence-electron chi connectivity index (χ2n) is 3.70. The number of aromatic amines is 1. The zero-order valence-corrected chi connectivity index (χ0v) is 10.7. The summed E-state index contributed by atoms with van der Waals surface area (Å²) in [4.78, 5) is 7.80. The fourth-order valence-corrected chi connectivity index (χ4v) is 1.93. The maximum atomic E-state index is 5.51. The summed E-state index contributed by atoms with van der Waals surface area (Å²) >= 11 is 3.42. The zero-order valence-electron chi connectivity index (χ0n) is 9.13. The first-order chi connectivity index (χ1) is 7.70. The van der Waals surface area contributed by atoms with Gasteiger partial charge in [0.1, 0.15) is 5.82 Å². The highest BCUT2D eigenvalue weighted by atomic mass is 79.9. The summed E-state index contributed by atoms with van der Waals surface area (Å²) in [6.07, 6.45) is 0.789. The molecule has 1 heterocycles. The summed E-state index contributed by atoms with van der Waals surface area (Å²) < 4.78 is 1.08. The van der Waals surface area contributed by atoms with E-state index in [9.17, 15) is 0 Å². The van der Waals surface area contributed by atoms with E-state index in [1.807, 2.05) is 19.1 Å². The SMILES string of the molecule is Cc1[nH]c(CCN)nc1-c1ccc(Br)cc1. The molecule has 4 heteroatoms. The van der Waals surface area contributed by atoms with Crippen molar-refractivity contribution < 1.29 is 0 Å². The fourth-order valence-electron chi connectivity index (χ4n) is 1.67. The van der Waals surface area contributed by atoms with Crippen LogP contribution in [0.25, 0.3) is 11.3 Å². The number of halogens is 1. The van der Waals surface area contributed by atoms with E-state index in [-0.39, 0.29) is 0 Å². The molecule has 1 aromatic carbocycles. The molecule has 2 rings (SSSR count). The minimum Gasteiger partial charge on any atom is -0.346 e. The molecule has 0 aliphatic heterocycles. The van der Waals surface area contributed by atoms with Gasteiger partial charge in [0.25, 0.3) is 0 Å². The lowest BCUT2D eigenvalue weighted by Gasteiger charge is -1.98. The third-order valence-electron chi connectivity index (χ3n) is 2.43. The van der Waals surface area contributed by atoms with Gasteiger partial charge in [-0.3, -0.25) is 0 Å². The Morgan fingerprint density at radius 2 is 2.00 bits per heavy atom. The normalized spacial score (nSPS) is 10.7. The van der Waals surface area contributed by atoms with Crippen molar-refractivity contribution in [2.45, 2.75) is 13.3 Å². The lowest BCUT2D eigenvalue weighted by atomic mass is 10.1. The van der Waals surface area contributed by atoms with Gasteiger partial charge in [0.05, 0.1) is 5.69 Å². The van der Waals surface area contributed by atoms with Crippen LogP contribution in [0, 0.1) is 6.92 Å². The molecule has 16 heavy (non-hydrogen) atoms. The van der Waals surface area contributed by atoms with Crippen LogP contribution in [0.4, 0.5) is 0 Å². The van der Waals surface area contributed by atoms with Crippen molar-refractivity contribution >= 4 is 15.9 Å². The van der Waals surface area contributed by atoms with Crippen LogP contribution in [0.2, 0.25) is 0 Å². The van der Waals surface area contributed by atoms with Crippen LogP contribution < -0.4 is 5.73 Å². The standard InChI is InChI=1S/C12H14BrN3/c1-8-12(16-11(15-8)6-7-14)9-2-4-10(13)5-3-9/h2-5H,6-7,14H2,1H3,(H,15,16). The average Bonchev–Trinajstić information content (AvgIpc) is 2.61. The Balaban J connectivity index is 2.36. The highest BCUT2D eigenvalue weighted by molar-refractivity contribution is 9.10. The molecule has 0 bridgehead atoms. The number of hydrogen-bond acceptors (Lipinski definition) is 2. The van der Waals surface area contributed by atoms with E-state index in [1.165, 1.54) is 0 Å². The van der Waals surface area contributed by atoms with E-state index in [0.717, 1.165) is 33.7 Å². The number of nitrogens with one attached hydrogen (secondary N) is 1. The van der Waals surface area contributed by atoms with Crippen molar-refractivity contribution in [1.29, 1.82) is 0 Å². The number of H-pyrrole nitrogens is 1. The van der Waals surface area contributed by atoms with E-state index in [2.05, 4.69) is 38.0 Å². The van der Waals surface area contributed by atoms with Gasteiger partial charge in [-0.25, -0.2) is 4.98 Å². The molecule has 84 valence electrons. The number of nitrogens with zero attached hydrogens (tertiary/aromatic N) is 1. The van der Waals surface area contributed by atoms with Gasteiger partial charge in [0.2, 0.25) is 0 Å². The summed E-state index contributed by atoms with van der Waals surface area (Å²) in [6, 6.07) is 8.15. The van der Waals surface area contributed by atoms with E-state index in [4.69, 9.17) is 5.73 Å². The first kappa shape index (κ1) is 11.4. The smallest absolute Gasteiger partial charge is 0.108 e. The van der Waals surface area contributed by atoms with Crippen LogP contribution in [0.3, 0.4) is 0 Å². The van der Waals surface area contributed by atoms with Crippen LogP contribution in [0.15, 0.2) is 28.7 Å². The molecule has 0 saturated carbocycles. The largest absolute Gasteiger partial charge is 0.346 e. The first-order valence-electron chi connectivity index (χ1n) is 5.22. The molecular formula is C12H14BrN3. The second-order valence-corrected chi connectivity index (χ2v) is 4.62. The summed E-state index contributed by atoms with van der Waals surface area (Å²) in [5, 5.41) is 0. The van der Waals surface area contributed by atoms with Crippen molar-refractivity contribution in [3.63, 3.8) is 0 Å². The molecule has 3 N–H and O–H groups in total. The second kappa shape index (κ2) is 4.80. The monoisotopic (exact) mass is 279 g/mol. The number of imidazole rings is 1. The van der Waals surface area contributed by atoms with Crippen molar-refractivity contribution in [2.24, 2.45) is 5.73 Å². The summed E-state index contributed by atoms with van der Waals surface area (Å²) in [6.45, 7) is 2.65. The topological polar surface area (TPSA) is 54.7 Å². The summed E-state index contributed by atoms with van der Waals surface area (Å²) in [7, 11) is 0. The van der Waals surface area contributed by atoms with Gasteiger partial charge in [0.15, 0.2) is 0 Å². The third kappa shape index (κ3) is 2.33. The molecule has 0 spiro atoms. The number of benzene rings is 1. The van der Waals surface area contributed by atoms with Crippen LogP contribution in [0.1, 0.15) is 11.5 Å². The van der Waals surface area contributed by atoms with Gasteiger partial charge < -0.3 is 10.7 Å².